The van der Waals surface area contributed by atoms with E-state index in [0.29, 0.717) is 34.4 Å². The summed E-state index contributed by atoms with van der Waals surface area (Å²) in [6.45, 7) is 1.15. The molecule has 5 N–H and O–H groups in total. The summed E-state index contributed by atoms with van der Waals surface area (Å²) in [7, 11) is 2.88. The SMILES string of the molecule is CCOC(=O)CNC(=O)[C@H](c1ccc(OC)c(OC)c1)N(Cc1ccco1)C(=O)c1snc(C(N)=O)c1N. The van der Waals surface area contributed by atoms with Crippen molar-refractivity contribution in [3.05, 3.63) is 58.5 Å². The zero-order valence-electron chi connectivity index (χ0n) is 20.9. The van der Waals surface area contributed by atoms with Gasteiger partial charge in [0, 0.05) is 0 Å². The number of carbonyl (C=O) groups excluding carboxylic acids is 4. The molecule has 3 aromatic rings. The lowest BCUT2D eigenvalue weighted by Crippen LogP contribution is -2.44. The van der Waals surface area contributed by atoms with Gasteiger partial charge in [-0.3, -0.25) is 19.2 Å². The highest BCUT2D eigenvalue weighted by atomic mass is 32.1. The Bertz CT molecular complexity index is 1310. The minimum Gasteiger partial charge on any atom is -0.493 e. The average molecular weight is 546 g/mol. The Balaban J connectivity index is 2.13. The summed E-state index contributed by atoms with van der Waals surface area (Å²) >= 11 is 0.668. The van der Waals surface area contributed by atoms with E-state index in [9.17, 15) is 19.2 Å². The molecule has 0 fully saturated rings. The number of furan rings is 1. The van der Waals surface area contributed by atoms with Crippen LogP contribution in [0.4, 0.5) is 5.69 Å². The van der Waals surface area contributed by atoms with Gasteiger partial charge < -0.3 is 40.3 Å². The maximum Gasteiger partial charge on any atom is 0.325 e. The summed E-state index contributed by atoms with van der Waals surface area (Å²) in [6.07, 6.45) is 1.41. The molecule has 0 aliphatic rings. The number of amides is 3. The molecule has 3 amide bonds. The molecule has 14 heteroatoms. The first-order valence-corrected chi connectivity index (χ1v) is 12.0. The summed E-state index contributed by atoms with van der Waals surface area (Å²) in [5.74, 6) is -1.96. The first-order valence-electron chi connectivity index (χ1n) is 11.2. The topological polar surface area (TPSA) is 189 Å². The molecule has 13 nitrogen and oxygen atoms in total. The van der Waals surface area contributed by atoms with E-state index in [4.69, 9.17) is 30.1 Å². The Morgan fingerprint density at radius 2 is 1.89 bits per heavy atom. The van der Waals surface area contributed by atoms with Gasteiger partial charge in [-0.1, -0.05) is 6.07 Å². The van der Waals surface area contributed by atoms with E-state index in [2.05, 4.69) is 9.69 Å². The first kappa shape index (κ1) is 28.0. The monoisotopic (exact) mass is 545 g/mol. The lowest BCUT2D eigenvalue weighted by molar-refractivity contribution is -0.144. The maximum absolute atomic E-state index is 13.9. The minimum absolute atomic E-state index is 0.103. The molecule has 2 aromatic heterocycles. The highest BCUT2D eigenvalue weighted by Crippen LogP contribution is 2.35. The molecule has 1 atom stereocenters. The van der Waals surface area contributed by atoms with Gasteiger partial charge in [0.1, 0.15) is 23.2 Å². The molecule has 38 heavy (non-hydrogen) atoms. The molecular weight excluding hydrogens is 518 g/mol. The molecule has 0 saturated heterocycles. The smallest absolute Gasteiger partial charge is 0.325 e. The van der Waals surface area contributed by atoms with Crippen LogP contribution in [0.15, 0.2) is 41.0 Å². The number of nitrogens with one attached hydrogen (secondary N) is 1. The number of methoxy groups -OCH3 is 2. The van der Waals surface area contributed by atoms with Gasteiger partial charge in [0.15, 0.2) is 17.2 Å². The summed E-state index contributed by atoms with van der Waals surface area (Å²) in [4.78, 5) is 52.2. The third-order valence-electron chi connectivity index (χ3n) is 5.32. The van der Waals surface area contributed by atoms with E-state index in [1.54, 1.807) is 31.2 Å². The Morgan fingerprint density at radius 3 is 2.47 bits per heavy atom. The summed E-state index contributed by atoms with van der Waals surface area (Å²) in [5, 5.41) is 2.51. The fourth-order valence-electron chi connectivity index (χ4n) is 3.57. The van der Waals surface area contributed by atoms with Gasteiger partial charge in [-0.2, -0.15) is 4.37 Å². The van der Waals surface area contributed by atoms with Crippen molar-refractivity contribution in [2.75, 3.05) is 33.1 Å². The third kappa shape index (κ3) is 6.21. The summed E-state index contributed by atoms with van der Waals surface area (Å²) < 4.78 is 24.9. The second-order valence-electron chi connectivity index (χ2n) is 7.69. The molecule has 3 rings (SSSR count). The third-order valence-corrected chi connectivity index (χ3v) is 6.17. The average Bonchev–Trinajstić information content (AvgIpc) is 3.56. The number of nitrogens with two attached hydrogens (primary N) is 2. The highest BCUT2D eigenvalue weighted by molar-refractivity contribution is 7.09. The highest BCUT2D eigenvalue weighted by Gasteiger charge is 2.36. The number of carbonyl (C=O) groups is 4. The fraction of sp³-hybridized carbons (Fsp3) is 0.292. The number of benzene rings is 1. The van der Waals surface area contributed by atoms with Crippen molar-refractivity contribution >= 4 is 40.9 Å². The van der Waals surface area contributed by atoms with Gasteiger partial charge in [-0.25, -0.2) is 0 Å². The van der Waals surface area contributed by atoms with Crippen LogP contribution in [0.1, 0.15) is 44.4 Å². The summed E-state index contributed by atoms with van der Waals surface area (Å²) in [6, 6.07) is 6.59. The zero-order valence-corrected chi connectivity index (χ0v) is 21.7. The van der Waals surface area contributed by atoms with E-state index in [0.717, 1.165) is 0 Å². The molecule has 0 unspecified atom stereocenters. The van der Waals surface area contributed by atoms with Crippen molar-refractivity contribution in [2.45, 2.75) is 19.5 Å². The quantitative estimate of drug-likeness (QED) is 0.281. The van der Waals surface area contributed by atoms with Gasteiger partial charge in [0.05, 0.1) is 39.3 Å². The molecule has 0 spiro atoms. The Labute approximate surface area is 221 Å². The van der Waals surface area contributed by atoms with Crippen LogP contribution >= 0.6 is 11.5 Å². The van der Waals surface area contributed by atoms with Crippen LogP contribution in [-0.2, 0) is 20.9 Å². The van der Waals surface area contributed by atoms with Crippen molar-refractivity contribution in [3.63, 3.8) is 0 Å². The number of primary amides is 1. The normalized spacial score (nSPS) is 11.3. The molecule has 0 saturated carbocycles. The van der Waals surface area contributed by atoms with Crippen LogP contribution < -0.4 is 26.3 Å². The molecule has 1 aromatic carbocycles. The second-order valence-corrected chi connectivity index (χ2v) is 8.46. The van der Waals surface area contributed by atoms with Crippen molar-refractivity contribution in [3.8, 4) is 11.5 Å². The van der Waals surface area contributed by atoms with Crippen molar-refractivity contribution in [2.24, 2.45) is 5.73 Å². The van der Waals surface area contributed by atoms with Gasteiger partial charge in [0.25, 0.3) is 11.8 Å². The van der Waals surface area contributed by atoms with Crippen LogP contribution in [0.5, 0.6) is 11.5 Å². The van der Waals surface area contributed by atoms with Gasteiger partial charge >= 0.3 is 5.97 Å². The van der Waals surface area contributed by atoms with E-state index in [1.807, 2.05) is 0 Å². The van der Waals surface area contributed by atoms with Gasteiger partial charge in [0.2, 0.25) is 5.91 Å². The lowest BCUT2D eigenvalue weighted by Gasteiger charge is -2.30. The van der Waals surface area contributed by atoms with Crippen LogP contribution in [0.25, 0.3) is 0 Å². The minimum atomic E-state index is -1.32. The Morgan fingerprint density at radius 1 is 1.16 bits per heavy atom. The van der Waals surface area contributed by atoms with Crippen LogP contribution in [0.2, 0.25) is 0 Å². The van der Waals surface area contributed by atoms with E-state index in [1.165, 1.54) is 31.4 Å². The predicted octanol–water partition coefficient (Wildman–Crippen LogP) is 1.50. The molecule has 0 aliphatic heterocycles. The van der Waals surface area contributed by atoms with Crippen LogP contribution in [0.3, 0.4) is 0 Å². The molecule has 0 bridgehead atoms. The number of anilines is 1. The zero-order chi connectivity index (χ0) is 27.8. The van der Waals surface area contributed by atoms with Crippen LogP contribution in [0, 0.1) is 0 Å². The van der Waals surface area contributed by atoms with Crippen molar-refractivity contribution in [1.82, 2.24) is 14.6 Å². The number of nitrogens with zero attached hydrogens (tertiary/aromatic N) is 2. The standard InChI is InChI=1S/C24H27N5O8S/c1-4-36-17(30)11-27-23(32)20(13-7-8-15(34-2)16(10-13)35-3)29(12-14-6-5-9-37-14)24(33)21-18(25)19(22(26)31)28-38-21/h5-10,20H,4,11-12,25H2,1-3H3,(H2,26,31)(H,27,32)/t20-/m0/s1. The number of ether oxygens (including phenoxy) is 3. The molecule has 202 valence electrons. The van der Waals surface area contributed by atoms with E-state index >= 15 is 0 Å². The van der Waals surface area contributed by atoms with E-state index in [-0.39, 0.29) is 29.4 Å². The fourth-order valence-corrected chi connectivity index (χ4v) is 4.34. The largest absolute Gasteiger partial charge is 0.493 e. The number of hydrogen-bond acceptors (Lipinski definition) is 11. The number of aromatic nitrogens is 1. The van der Waals surface area contributed by atoms with Crippen molar-refractivity contribution < 1.29 is 37.8 Å². The molecule has 0 aliphatic carbocycles. The number of esters is 1. The number of nitrogen functional groups attached to an aromatic ring is 1. The lowest BCUT2D eigenvalue weighted by atomic mass is 10.0. The molecular formula is C24H27N5O8S. The number of hydrogen-bond donors (Lipinski definition) is 3. The molecule has 2 heterocycles. The summed E-state index contributed by atoms with van der Waals surface area (Å²) in [5.41, 5.74) is 11.2. The van der Waals surface area contributed by atoms with E-state index < -0.39 is 36.3 Å². The second kappa shape index (κ2) is 12.6. The maximum atomic E-state index is 13.9. The molecule has 0 radical (unpaired) electrons. The first-order chi connectivity index (χ1) is 18.2. The van der Waals surface area contributed by atoms with Crippen LogP contribution in [-0.4, -0.2) is 60.3 Å². The Kier molecular flexibility index (Phi) is 9.27. The van der Waals surface area contributed by atoms with Crippen molar-refractivity contribution in [1.29, 1.82) is 0 Å². The van der Waals surface area contributed by atoms with Gasteiger partial charge in [-0.15, -0.1) is 0 Å². The Hall–Kier alpha value is -4.59. The predicted molar refractivity (Wildman–Crippen MR) is 136 cm³/mol. The van der Waals surface area contributed by atoms with Gasteiger partial charge in [-0.05, 0) is 48.3 Å². The number of rotatable bonds is 12.